The predicted octanol–water partition coefficient (Wildman–Crippen LogP) is 1.18. The number of nitrogens with one attached hydrogen (secondary N) is 2. The first-order chi connectivity index (χ1) is 15.6. The monoisotopic (exact) mass is 454 g/mol. The third-order valence-corrected chi connectivity index (χ3v) is 5.35. The highest BCUT2D eigenvalue weighted by Gasteiger charge is 2.29. The van der Waals surface area contributed by atoms with E-state index >= 15 is 0 Å². The van der Waals surface area contributed by atoms with Gasteiger partial charge in [-0.25, -0.2) is 14.5 Å². The van der Waals surface area contributed by atoms with E-state index in [0.29, 0.717) is 27.9 Å². The van der Waals surface area contributed by atoms with Crippen LogP contribution in [0.1, 0.15) is 52.1 Å². The molecule has 0 aliphatic rings. The van der Waals surface area contributed by atoms with Gasteiger partial charge in [-0.15, -0.1) is 10.2 Å². The van der Waals surface area contributed by atoms with Crippen molar-refractivity contribution >= 4 is 35.6 Å². The van der Waals surface area contributed by atoms with Gasteiger partial charge in [0.25, 0.3) is 0 Å². The van der Waals surface area contributed by atoms with Crippen LogP contribution in [-0.2, 0) is 15.1 Å². The van der Waals surface area contributed by atoms with Crippen molar-refractivity contribution in [3.63, 3.8) is 0 Å². The molecule has 176 valence electrons. The number of hydrogen-bond acceptors (Lipinski definition) is 7. The standard InChI is InChI=1S/C22H30N8O3/c1-7-29(8-2)16-10-9-15(13(3)23-16)24-19-14(4)28-30-20(19)26-27-21(30)22(5,6)25-17(31)11-12-18(32)33/h9-10,28H,4,7-8,11-12H2,1-3,5-6H3,(H,25,31)(H,32,33). The van der Waals surface area contributed by atoms with E-state index in [1.807, 2.05) is 19.1 Å². The van der Waals surface area contributed by atoms with Crippen LogP contribution in [0.3, 0.4) is 0 Å². The molecular formula is C22H30N8O3. The Kier molecular flexibility index (Phi) is 6.80. The Bertz CT molecular complexity index is 1290. The molecule has 0 saturated heterocycles. The van der Waals surface area contributed by atoms with E-state index in [2.05, 4.69) is 50.9 Å². The number of amides is 1. The summed E-state index contributed by atoms with van der Waals surface area (Å²) < 4.78 is 1.63. The summed E-state index contributed by atoms with van der Waals surface area (Å²) in [6.07, 6.45) is -0.367. The van der Waals surface area contributed by atoms with Gasteiger partial charge in [-0.3, -0.25) is 14.7 Å². The fraction of sp³-hybridized carbons (Fsp3) is 0.455. The number of pyridine rings is 1. The van der Waals surface area contributed by atoms with Crippen molar-refractivity contribution in [2.45, 2.75) is 53.0 Å². The highest BCUT2D eigenvalue weighted by atomic mass is 16.4. The van der Waals surface area contributed by atoms with Gasteiger partial charge in [0.2, 0.25) is 11.6 Å². The van der Waals surface area contributed by atoms with E-state index in [1.54, 1.807) is 18.4 Å². The molecule has 0 aliphatic heterocycles. The molecule has 11 nitrogen and oxygen atoms in total. The van der Waals surface area contributed by atoms with Crippen LogP contribution in [0.25, 0.3) is 12.2 Å². The van der Waals surface area contributed by atoms with Gasteiger partial charge >= 0.3 is 5.97 Å². The highest BCUT2D eigenvalue weighted by molar-refractivity contribution is 5.81. The molecule has 0 unspecified atom stereocenters. The van der Waals surface area contributed by atoms with Crippen LogP contribution in [0.15, 0.2) is 17.1 Å². The van der Waals surface area contributed by atoms with Crippen molar-refractivity contribution < 1.29 is 14.7 Å². The predicted molar refractivity (Wildman–Crippen MR) is 124 cm³/mol. The second-order valence-corrected chi connectivity index (χ2v) is 8.25. The van der Waals surface area contributed by atoms with Crippen molar-refractivity contribution in [2.24, 2.45) is 4.99 Å². The fourth-order valence-electron chi connectivity index (χ4n) is 3.58. The maximum atomic E-state index is 12.2. The Hall–Kier alpha value is -3.76. The summed E-state index contributed by atoms with van der Waals surface area (Å²) in [7, 11) is 0. The number of aromatic amines is 1. The van der Waals surface area contributed by atoms with Crippen molar-refractivity contribution in [3.05, 3.63) is 34.4 Å². The summed E-state index contributed by atoms with van der Waals surface area (Å²) in [6, 6.07) is 3.86. The molecule has 0 spiro atoms. The van der Waals surface area contributed by atoms with Crippen LogP contribution in [-0.4, -0.2) is 54.9 Å². The van der Waals surface area contributed by atoms with Gasteiger partial charge in [0, 0.05) is 19.5 Å². The van der Waals surface area contributed by atoms with Crippen molar-refractivity contribution in [2.75, 3.05) is 18.0 Å². The number of carboxylic acid groups (broad SMARTS) is 1. The quantitative estimate of drug-likeness (QED) is 0.441. The summed E-state index contributed by atoms with van der Waals surface area (Å²) in [4.78, 5) is 34.5. The molecule has 3 aromatic heterocycles. The molecule has 0 aliphatic carbocycles. The largest absolute Gasteiger partial charge is 0.481 e. The Morgan fingerprint density at radius 2 is 1.94 bits per heavy atom. The van der Waals surface area contributed by atoms with Crippen LogP contribution < -0.4 is 20.9 Å². The molecule has 3 rings (SSSR count). The summed E-state index contributed by atoms with van der Waals surface area (Å²) in [6.45, 7) is 15.4. The minimum absolute atomic E-state index is 0.123. The summed E-state index contributed by atoms with van der Waals surface area (Å²) in [5.41, 5.74) is 1.04. The number of rotatable bonds is 9. The molecule has 3 N–H and O–H groups in total. The average molecular weight is 455 g/mol. The lowest BCUT2D eigenvalue weighted by Crippen LogP contribution is -2.42. The van der Waals surface area contributed by atoms with Crippen molar-refractivity contribution in [3.8, 4) is 0 Å². The molecule has 0 fully saturated rings. The van der Waals surface area contributed by atoms with Crippen LogP contribution in [0.5, 0.6) is 0 Å². The van der Waals surface area contributed by atoms with Crippen LogP contribution in [0.2, 0.25) is 0 Å². The number of aliphatic carboxylic acids is 1. The topological polar surface area (TPSA) is 141 Å². The number of hydrogen-bond donors (Lipinski definition) is 3. The second kappa shape index (κ2) is 9.39. The Labute approximate surface area is 191 Å². The summed E-state index contributed by atoms with van der Waals surface area (Å²) in [5, 5.41) is 24.3. The summed E-state index contributed by atoms with van der Waals surface area (Å²) >= 11 is 0. The Morgan fingerprint density at radius 1 is 1.24 bits per heavy atom. The molecule has 3 heterocycles. The number of nitrogens with zero attached hydrogens (tertiary/aromatic N) is 6. The van der Waals surface area contributed by atoms with Gasteiger partial charge in [0.15, 0.2) is 5.82 Å². The zero-order valence-corrected chi connectivity index (χ0v) is 19.6. The van der Waals surface area contributed by atoms with Crippen LogP contribution in [0, 0.1) is 6.92 Å². The molecular weight excluding hydrogens is 424 g/mol. The van der Waals surface area contributed by atoms with Gasteiger partial charge in [-0.05, 0) is 46.8 Å². The number of H-pyrrole nitrogens is 1. The lowest BCUT2D eigenvalue weighted by Gasteiger charge is -2.23. The number of aromatic nitrogens is 5. The van der Waals surface area contributed by atoms with Gasteiger partial charge in [-0.2, -0.15) is 0 Å². The van der Waals surface area contributed by atoms with E-state index in [9.17, 15) is 9.59 Å². The zero-order chi connectivity index (χ0) is 24.3. The third-order valence-electron chi connectivity index (χ3n) is 5.35. The number of fused-ring (bicyclic) bond motifs is 1. The molecule has 0 radical (unpaired) electrons. The molecule has 0 bridgehead atoms. The van der Waals surface area contributed by atoms with Crippen molar-refractivity contribution in [1.82, 2.24) is 30.1 Å². The van der Waals surface area contributed by atoms with Gasteiger partial charge in [-0.1, -0.05) is 6.58 Å². The lowest BCUT2D eigenvalue weighted by atomic mass is 10.0. The lowest BCUT2D eigenvalue weighted by molar-refractivity contribution is -0.139. The minimum atomic E-state index is -1.03. The van der Waals surface area contributed by atoms with E-state index in [4.69, 9.17) is 10.1 Å². The van der Waals surface area contributed by atoms with E-state index in [0.717, 1.165) is 24.6 Å². The Morgan fingerprint density at radius 3 is 2.55 bits per heavy atom. The molecule has 0 atom stereocenters. The molecule has 33 heavy (non-hydrogen) atoms. The maximum absolute atomic E-state index is 12.2. The normalized spacial score (nSPS) is 12.3. The average Bonchev–Trinajstić information content (AvgIpc) is 3.28. The Balaban J connectivity index is 1.97. The zero-order valence-electron chi connectivity index (χ0n) is 19.6. The molecule has 1 amide bonds. The fourth-order valence-corrected chi connectivity index (χ4v) is 3.58. The van der Waals surface area contributed by atoms with Crippen LogP contribution in [0.4, 0.5) is 11.5 Å². The number of carbonyl (C=O) groups excluding carboxylic acids is 1. The number of carboxylic acids is 1. The molecule has 0 saturated carbocycles. The molecule has 0 aromatic carbocycles. The molecule has 11 heteroatoms. The smallest absolute Gasteiger partial charge is 0.303 e. The number of aryl methyl sites for hydroxylation is 1. The number of carbonyl (C=O) groups is 2. The first-order valence-electron chi connectivity index (χ1n) is 10.8. The van der Waals surface area contributed by atoms with Crippen LogP contribution >= 0.6 is 0 Å². The molecule has 3 aromatic rings. The minimum Gasteiger partial charge on any atom is -0.481 e. The van der Waals surface area contributed by atoms with Gasteiger partial charge in [0.05, 0.1) is 28.7 Å². The highest BCUT2D eigenvalue weighted by Crippen LogP contribution is 2.21. The second-order valence-electron chi connectivity index (χ2n) is 8.25. The van der Waals surface area contributed by atoms with Gasteiger partial charge in [0.1, 0.15) is 11.2 Å². The maximum Gasteiger partial charge on any atom is 0.303 e. The van der Waals surface area contributed by atoms with Gasteiger partial charge < -0.3 is 15.3 Å². The third kappa shape index (κ3) is 5.02. The van der Waals surface area contributed by atoms with Crippen molar-refractivity contribution in [1.29, 1.82) is 0 Å². The van der Waals surface area contributed by atoms with E-state index < -0.39 is 11.5 Å². The first kappa shape index (κ1) is 23.9. The SMILES string of the molecule is C=c1[nH]n2c(C(C)(C)NC(=O)CCC(=O)O)nnc2c1=Nc1ccc(N(CC)CC)nc1C. The van der Waals surface area contributed by atoms with E-state index in [-0.39, 0.29) is 18.7 Å². The first-order valence-corrected chi connectivity index (χ1v) is 10.8. The van der Waals surface area contributed by atoms with E-state index in [1.165, 1.54) is 0 Å². The number of anilines is 1. The summed E-state index contributed by atoms with van der Waals surface area (Å²) in [5.74, 6) is -0.0737.